The quantitative estimate of drug-likeness (QED) is 0.773. The molecule has 1 N–H and O–H groups in total. The third kappa shape index (κ3) is 2.71. The monoisotopic (exact) mass is 354 g/mol. The highest BCUT2D eigenvalue weighted by Gasteiger charge is 2.28. The number of hydrogen-bond acceptors (Lipinski definition) is 7. The number of furan rings is 1. The maximum Gasteiger partial charge on any atom is 0.229 e. The van der Waals surface area contributed by atoms with Gasteiger partial charge >= 0.3 is 0 Å². The van der Waals surface area contributed by atoms with Crippen LogP contribution in [0.1, 0.15) is 37.9 Å². The maximum atomic E-state index is 6.05. The van der Waals surface area contributed by atoms with E-state index in [1.165, 1.54) is 0 Å². The minimum Gasteiger partial charge on any atom is -0.432 e. The van der Waals surface area contributed by atoms with E-state index in [9.17, 15) is 0 Å². The Morgan fingerprint density at radius 3 is 3.08 bits per heavy atom. The summed E-state index contributed by atoms with van der Waals surface area (Å²) in [7, 11) is 0. The summed E-state index contributed by atoms with van der Waals surface area (Å²) in [6.45, 7) is 6.28. The molecule has 3 aromatic heterocycles. The van der Waals surface area contributed by atoms with Crippen molar-refractivity contribution in [3.05, 3.63) is 23.7 Å². The molecule has 0 saturated carbocycles. The fourth-order valence-corrected chi connectivity index (χ4v) is 3.73. The number of nitrogens with zero attached hydrogens (tertiary/aromatic N) is 3. The van der Waals surface area contributed by atoms with Crippen molar-refractivity contribution in [2.75, 3.05) is 18.5 Å². The second-order valence-electron chi connectivity index (χ2n) is 7.69. The van der Waals surface area contributed by atoms with Gasteiger partial charge in [-0.25, -0.2) is 15.0 Å². The van der Waals surface area contributed by atoms with Crippen molar-refractivity contribution < 1.29 is 13.9 Å². The number of fused-ring (bicyclic) bond motifs is 4. The Kier molecular flexibility index (Phi) is 3.62. The Labute approximate surface area is 151 Å². The number of nitrogens with one attached hydrogen (secondary N) is 1. The van der Waals surface area contributed by atoms with Crippen LogP contribution in [0.3, 0.4) is 0 Å². The summed E-state index contributed by atoms with van der Waals surface area (Å²) >= 11 is 0. The van der Waals surface area contributed by atoms with Gasteiger partial charge in [0.05, 0.1) is 29.4 Å². The second kappa shape index (κ2) is 5.89. The molecule has 1 unspecified atom stereocenters. The van der Waals surface area contributed by atoms with E-state index in [4.69, 9.17) is 18.9 Å². The molecule has 1 saturated heterocycles. The van der Waals surface area contributed by atoms with Gasteiger partial charge in [-0.15, -0.1) is 0 Å². The third-order valence-corrected chi connectivity index (χ3v) is 5.15. The van der Waals surface area contributed by atoms with Gasteiger partial charge in [-0.05, 0) is 32.8 Å². The average Bonchev–Trinajstić information content (AvgIpc) is 3.25. The van der Waals surface area contributed by atoms with Crippen molar-refractivity contribution in [3.8, 4) is 0 Å². The molecule has 2 aliphatic rings. The van der Waals surface area contributed by atoms with Crippen molar-refractivity contribution in [3.63, 3.8) is 0 Å². The van der Waals surface area contributed by atoms with Crippen LogP contribution in [-0.2, 0) is 22.5 Å². The largest absolute Gasteiger partial charge is 0.432 e. The molecule has 7 nitrogen and oxygen atoms in total. The molecular weight excluding hydrogens is 332 g/mol. The molecule has 5 heterocycles. The van der Waals surface area contributed by atoms with Crippen molar-refractivity contribution in [1.82, 2.24) is 15.0 Å². The molecule has 0 aromatic carbocycles. The minimum atomic E-state index is -0.201. The molecule has 26 heavy (non-hydrogen) atoms. The number of anilines is 1. The molecule has 5 rings (SSSR count). The molecule has 7 heteroatoms. The van der Waals surface area contributed by atoms with E-state index in [-0.39, 0.29) is 11.7 Å². The van der Waals surface area contributed by atoms with E-state index in [1.807, 2.05) is 0 Å². The topological polar surface area (TPSA) is 82.3 Å². The summed E-state index contributed by atoms with van der Waals surface area (Å²) in [4.78, 5) is 13.6. The SMILES string of the molecule is CC1(C)Cc2nc3oc4c(NCC5CCCO5)ncnc4c3cc2CO1. The molecule has 2 aliphatic heterocycles. The van der Waals surface area contributed by atoms with Gasteiger partial charge in [0.15, 0.2) is 11.4 Å². The van der Waals surface area contributed by atoms with Gasteiger partial charge in [0, 0.05) is 25.1 Å². The molecule has 0 bridgehead atoms. The van der Waals surface area contributed by atoms with Crippen molar-refractivity contribution >= 4 is 28.0 Å². The van der Waals surface area contributed by atoms with Crippen LogP contribution in [0.4, 0.5) is 5.82 Å². The summed E-state index contributed by atoms with van der Waals surface area (Å²) in [6, 6.07) is 2.09. The van der Waals surface area contributed by atoms with Gasteiger partial charge in [0.25, 0.3) is 0 Å². The van der Waals surface area contributed by atoms with E-state index in [0.29, 0.717) is 23.7 Å². The van der Waals surface area contributed by atoms with Crippen LogP contribution in [0.15, 0.2) is 16.8 Å². The fraction of sp³-hybridized carbons (Fsp3) is 0.526. The van der Waals surface area contributed by atoms with Crippen molar-refractivity contribution in [2.24, 2.45) is 0 Å². The van der Waals surface area contributed by atoms with Crippen LogP contribution < -0.4 is 5.32 Å². The Morgan fingerprint density at radius 2 is 2.23 bits per heavy atom. The normalized spacial score (nSPS) is 22.0. The number of aromatic nitrogens is 3. The lowest BCUT2D eigenvalue weighted by Gasteiger charge is -2.30. The molecule has 0 amide bonds. The molecule has 0 spiro atoms. The summed E-state index contributed by atoms with van der Waals surface area (Å²) in [6.07, 6.45) is 4.75. The van der Waals surface area contributed by atoms with Gasteiger partial charge in [-0.1, -0.05) is 0 Å². The zero-order valence-electron chi connectivity index (χ0n) is 15.0. The van der Waals surface area contributed by atoms with Gasteiger partial charge in [0.1, 0.15) is 11.8 Å². The van der Waals surface area contributed by atoms with Crippen molar-refractivity contribution in [1.29, 1.82) is 0 Å². The highest BCUT2D eigenvalue weighted by Crippen LogP contribution is 2.34. The zero-order valence-corrected chi connectivity index (χ0v) is 15.0. The van der Waals surface area contributed by atoms with Crippen LogP contribution in [0, 0.1) is 0 Å². The van der Waals surface area contributed by atoms with Crippen LogP contribution in [-0.4, -0.2) is 39.8 Å². The summed E-state index contributed by atoms with van der Waals surface area (Å²) < 4.78 is 17.6. The number of hydrogen-bond donors (Lipinski definition) is 1. The lowest BCUT2D eigenvalue weighted by atomic mass is 9.95. The third-order valence-electron chi connectivity index (χ3n) is 5.15. The smallest absolute Gasteiger partial charge is 0.229 e. The van der Waals surface area contributed by atoms with E-state index < -0.39 is 0 Å². The van der Waals surface area contributed by atoms with Gasteiger partial charge in [-0.2, -0.15) is 0 Å². The highest BCUT2D eigenvalue weighted by atomic mass is 16.5. The van der Waals surface area contributed by atoms with Gasteiger partial charge in [0.2, 0.25) is 5.71 Å². The molecule has 1 fully saturated rings. The Hall–Kier alpha value is -2.25. The van der Waals surface area contributed by atoms with Crippen molar-refractivity contribution in [2.45, 2.75) is 51.4 Å². The average molecular weight is 354 g/mol. The Morgan fingerprint density at radius 1 is 1.31 bits per heavy atom. The number of pyridine rings is 1. The lowest BCUT2D eigenvalue weighted by molar-refractivity contribution is -0.0411. The molecule has 136 valence electrons. The molecular formula is C19H22N4O3. The lowest BCUT2D eigenvalue weighted by Crippen LogP contribution is -2.32. The van der Waals surface area contributed by atoms with Gasteiger partial charge in [-0.3, -0.25) is 0 Å². The first-order valence-electron chi connectivity index (χ1n) is 9.14. The van der Waals surface area contributed by atoms with E-state index in [0.717, 1.165) is 54.6 Å². The van der Waals surface area contributed by atoms with E-state index in [1.54, 1.807) is 6.33 Å². The predicted molar refractivity (Wildman–Crippen MR) is 97.1 cm³/mol. The number of ether oxygens (including phenoxy) is 2. The highest BCUT2D eigenvalue weighted by molar-refractivity contribution is 6.04. The summed E-state index contributed by atoms with van der Waals surface area (Å²) in [5, 5.41) is 4.26. The van der Waals surface area contributed by atoms with Crippen LogP contribution >= 0.6 is 0 Å². The van der Waals surface area contributed by atoms with E-state index >= 15 is 0 Å². The summed E-state index contributed by atoms with van der Waals surface area (Å²) in [5.41, 5.74) is 3.98. The first kappa shape index (κ1) is 16.0. The fourth-order valence-electron chi connectivity index (χ4n) is 3.73. The maximum absolute atomic E-state index is 6.05. The minimum absolute atomic E-state index is 0.201. The molecule has 1 atom stereocenters. The Balaban J connectivity index is 1.54. The molecule has 0 radical (unpaired) electrons. The molecule has 3 aromatic rings. The predicted octanol–water partition coefficient (Wildman–Crippen LogP) is 3.21. The molecule has 0 aliphatic carbocycles. The van der Waals surface area contributed by atoms with Crippen LogP contribution in [0.2, 0.25) is 0 Å². The van der Waals surface area contributed by atoms with Crippen LogP contribution in [0.25, 0.3) is 22.2 Å². The van der Waals surface area contributed by atoms with Crippen LogP contribution in [0.5, 0.6) is 0 Å². The summed E-state index contributed by atoms with van der Waals surface area (Å²) in [5.74, 6) is 0.693. The second-order valence-corrected chi connectivity index (χ2v) is 7.69. The van der Waals surface area contributed by atoms with E-state index in [2.05, 4.69) is 35.2 Å². The first-order valence-corrected chi connectivity index (χ1v) is 9.14. The zero-order chi connectivity index (χ0) is 17.7. The van der Waals surface area contributed by atoms with Gasteiger partial charge < -0.3 is 19.2 Å². The Bertz CT molecular complexity index is 976. The first-order chi connectivity index (χ1) is 12.6. The number of rotatable bonds is 3. The standard InChI is InChI=1S/C19H22N4O3/c1-19(2)7-14-11(9-25-19)6-13-15-16(26-18(13)23-14)17(22-10-21-15)20-8-12-4-3-5-24-12/h6,10,12H,3-5,7-9H2,1-2H3,(H,20,21,22).